The lowest BCUT2D eigenvalue weighted by molar-refractivity contribution is -0.139. The summed E-state index contributed by atoms with van der Waals surface area (Å²) in [5.41, 5.74) is 4.08. The number of carboxylic acid groups (broad SMARTS) is 1. The topological polar surface area (TPSA) is 113 Å². The molecule has 1 aliphatic heterocycles. The zero-order chi connectivity index (χ0) is 30.3. The molecule has 1 saturated heterocycles. The molecule has 4 rings (SSSR count). The van der Waals surface area contributed by atoms with Crippen LogP contribution in [0.1, 0.15) is 72.9 Å². The van der Waals surface area contributed by atoms with E-state index in [-0.39, 0.29) is 12.2 Å². The molecule has 9 heteroatoms. The molecule has 0 spiro atoms. The number of nitrogens with one attached hydrogen (secondary N) is 1. The van der Waals surface area contributed by atoms with Crippen LogP contribution in [0.3, 0.4) is 0 Å². The van der Waals surface area contributed by atoms with Gasteiger partial charge in [-0.2, -0.15) is 0 Å². The van der Waals surface area contributed by atoms with Gasteiger partial charge >= 0.3 is 5.97 Å². The van der Waals surface area contributed by atoms with E-state index in [1.165, 1.54) is 38.5 Å². The van der Waals surface area contributed by atoms with E-state index in [2.05, 4.69) is 10.2 Å². The summed E-state index contributed by atoms with van der Waals surface area (Å²) in [6.07, 6.45) is 10.1. The second-order valence-corrected chi connectivity index (χ2v) is 14.6. The van der Waals surface area contributed by atoms with Crippen LogP contribution in [0.2, 0.25) is 0 Å². The number of aliphatic carboxylic acids is 1. The van der Waals surface area contributed by atoms with Crippen molar-refractivity contribution in [3.63, 3.8) is 0 Å². The Morgan fingerprint density at radius 3 is 2.48 bits per heavy atom. The van der Waals surface area contributed by atoms with Crippen LogP contribution in [0, 0.1) is 18.8 Å². The highest BCUT2D eigenvalue weighted by molar-refractivity contribution is 7.90. The number of carbonyl (C=O) groups is 2. The summed E-state index contributed by atoms with van der Waals surface area (Å²) in [6.45, 7) is 4.45. The molecule has 1 amide bonds. The van der Waals surface area contributed by atoms with Gasteiger partial charge in [0.25, 0.3) is 5.91 Å². The molecule has 1 heterocycles. The molecule has 2 fully saturated rings. The maximum Gasteiger partial charge on any atom is 0.326 e. The van der Waals surface area contributed by atoms with Crippen molar-refractivity contribution < 1.29 is 27.9 Å². The van der Waals surface area contributed by atoms with Gasteiger partial charge in [0, 0.05) is 38.1 Å². The number of nitrogens with zero attached hydrogens (tertiary/aromatic N) is 1. The van der Waals surface area contributed by atoms with Crippen molar-refractivity contribution in [1.29, 1.82) is 0 Å². The Morgan fingerprint density at radius 1 is 1.07 bits per heavy atom. The minimum absolute atomic E-state index is 0.199. The number of benzene rings is 2. The third-order valence-electron chi connectivity index (χ3n) is 8.90. The number of carboxylic acids is 1. The lowest BCUT2D eigenvalue weighted by Gasteiger charge is -2.25. The molecule has 0 bridgehead atoms. The smallest absolute Gasteiger partial charge is 0.326 e. The fourth-order valence-corrected chi connectivity index (χ4v) is 7.42. The van der Waals surface area contributed by atoms with Gasteiger partial charge in [-0.05, 0) is 72.4 Å². The Balaban J connectivity index is 1.57. The highest BCUT2D eigenvalue weighted by Gasteiger charge is 2.34. The number of ether oxygens (including phenoxy) is 1. The van der Waals surface area contributed by atoms with Gasteiger partial charge in [0.05, 0.1) is 12.4 Å². The van der Waals surface area contributed by atoms with Crippen molar-refractivity contribution >= 4 is 21.7 Å². The van der Waals surface area contributed by atoms with Crippen LogP contribution in [0.5, 0.6) is 0 Å². The molecule has 0 unspecified atom stereocenters. The summed E-state index contributed by atoms with van der Waals surface area (Å²) in [5.74, 6) is -0.624. The summed E-state index contributed by atoms with van der Waals surface area (Å²) in [5, 5.41) is 12.2. The second kappa shape index (κ2) is 14.6. The Kier molecular flexibility index (Phi) is 11.2. The van der Waals surface area contributed by atoms with E-state index in [0.717, 1.165) is 53.9 Å². The molecular weight excluding hydrogens is 552 g/mol. The monoisotopic (exact) mass is 598 g/mol. The summed E-state index contributed by atoms with van der Waals surface area (Å²) in [4.78, 5) is 27.8. The highest BCUT2D eigenvalue weighted by atomic mass is 32.2. The Morgan fingerprint density at radius 2 is 1.81 bits per heavy atom. The maximum absolute atomic E-state index is 13.5. The lowest BCUT2D eigenvalue weighted by atomic mass is 9.82. The van der Waals surface area contributed by atoms with E-state index in [0.29, 0.717) is 24.1 Å². The van der Waals surface area contributed by atoms with Crippen molar-refractivity contribution in [1.82, 2.24) is 10.2 Å². The van der Waals surface area contributed by atoms with Gasteiger partial charge in [0.2, 0.25) is 0 Å². The molecule has 230 valence electrons. The first-order valence-corrected chi connectivity index (χ1v) is 17.2. The third-order valence-corrected chi connectivity index (χ3v) is 9.87. The summed E-state index contributed by atoms with van der Waals surface area (Å²) in [6, 6.07) is 12.6. The van der Waals surface area contributed by atoms with Crippen molar-refractivity contribution in [2.45, 2.75) is 76.9 Å². The molecular formula is C33H46N2O6S. The summed E-state index contributed by atoms with van der Waals surface area (Å²) in [7, 11) is -1.62. The van der Waals surface area contributed by atoms with Crippen LogP contribution >= 0.6 is 0 Å². The van der Waals surface area contributed by atoms with Gasteiger partial charge in [-0.25, -0.2) is 13.2 Å². The van der Waals surface area contributed by atoms with Gasteiger partial charge in [-0.1, -0.05) is 62.4 Å². The SMILES string of the molecule is COC[C@H]1C[C@@H](CC2CCCCC2)CN1Cc1ccc(C(=O)N[C@@H](CCS(C)(=O)=O)C(=O)O)c(-c2ccccc2C)c1. The van der Waals surface area contributed by atoms with E-state index in [1.807, 2.05) is 43.3 Å². The second-order valence-electron chi connectivity index (χ2n) is 12.4. The summed E-state index contributed by atoms with van der Waals surface area (Å²) >= 11 is 0. The maximum atomic E-state index is 13.5. The lowest BCUT2D eigenvalue weighted by Crippen LogP contribution is -2.42. The molecule has 0 aromatic heterocycles. The van der Waals surface area contributed by atoms with Crippen LogP contribution in [0.25, 0.3) is 11.1 Å². The van der Waals surface area contributed by atoms with Gasteiger partial charge in [-0.15, -0.1) is 0 Å². The normalized spacial score (nSPS) is 20.8. The standard InChI is InChI=1S/C33H46N2O6S/c1-23-9-7-8-12-28(23)30-19-25(13-14-29(30)32(36)34-31(33(37)38)15-16-42(3,39)40)20-35-21-26(18-27(35)22-41-2)17-24-10-5-4-6-11-24/h7-9,12-14,19,24,26-27,31H,4-6,10-11,15-18,20-22H2,1-3H3,(H,34,36)(H,37,38)/t26-,27-,31+/m1/s1. The zero-order valence-corrected chi connectivity index (χ0v) is 26.0. The van der Waals surface area contributed by atoms with Crippen LogP contribution in [0.4, 0.5) is 0 Å². The van der Waals surface area contributed by atoms with Gasteiger partial charge in [-0.3, -0.25) is 9.69 Å². The molecule has 2 N–H and O–H groups in total. The van der Waals surface area contributed by atoms with E-state index < -0.39 is 27.8 Å². The number of sulfone groups is 1. The van der Waals surface area contributed by atoms with Crippen LogP contribution < -0.4 is 5.32 Å². The van der Waals surface area contributed by atoms with Crippen molar-refractivity contribution in [2.75, 3.05) is 32.3 Å². The van der Waals surface area contributed by atoms with E-state index in [9.17, 15) is 23.1 Å². The first-order valence-electron chi connectivity index (χ1n) is 15.2. The van der Waals surface area contributed by atoms with E-state index in [1.54, 1.807) is 13.2 Å². The van der Waals surface area contributed by atoms with Crippen molar-refractivity contribution in [2.24, 2.45) is 11.8 Å². The van der Waals surface area contributed by atoms with Gasteiger partial charge in [0.15, 0.2) is 0 Å². The van der Waals surface area contributed by atoms with Crippen molar-refractivity contribution in [3.8, 4) is 11.1 Å². The minimum Gasteiger partial charge on any atom is -0.480 e. The van der Waals surface area contributed by atoms with E-state index >= 15 is 0 Å². The Labute approximate surface area is 250 Å². The number of rotatable bonds is 13. The van der Waals surface area contributed by atoms with Crippen LogP contribution in [-0.4, -0.2) is 74.7 Å². The predicted octanol–water partition coefficient (Wildman–Crippen LogP) is 5.09. The number of carbonyl (C=O) groups excluding carboxylic acids is 1. The summed E-state index contributed by atoms with van der Waals surface area (Å²) < 4.78 is 28.9. The number of methoxy groups -OCH3 is 1. The average Bonchev–Trinajstić information content (AvgIpc) is 3.31. The number of amides is 1. The molecule has 2 aliphatic rings. The number of hydrogen-bond donors (Lipinski definition) is 2. The first-order chi connectivity index (χ1) is 20.0. The fourth-order valence-electron chi connectivity index (χ4n) is 6.76. The Bertz CT molecular complexity index is 1340. The molecule has 1 aliphatic carbocycles. The highest BCUT2D eigenvalue weighted by Crippen LogP contribution is 2.36. The van der Waals surface area contributed by atoms with E-state index in [4.69, 9.17) is 4.74 Å². The van der Waals surface area contributed by atoms with Crippen molar-refractivity contribution in [3.05, 3.63) is 59.2 Å². The molecule has 42 heavy (non-hydrogen) atoms. The third kappa shape index (κ3) is 8.88. The minimum atomic E-state index is -3.38. The number of aryl methyl sites for hydroxylation is 1. The largest absolute Gasteiger partial charge is 0.480 e. The molecule has 0 radical (unpaired) electrons. The quantitative estimate of drug-likeness (QED) is 0.330. The van der Waals surface area contributed by atoms with Crippen LogP contribution in [-0.2, 0) is 25.9 Å². The molecule has 1 saturated carbocycles. The molecule has 8 nitrogen and oxygen atoms in total. The zero-order valence-electron chi connectivity index (χ0n) is 25.2. The predicted molar refractivity (Wildman–Crippen MR) is 165 cm³/mol. The average molecular weight is 599 g/mol. The van der Waals surface area contributed by atoms with Crippen LogP contribution in [0.15, 0.2) is 42.5 Å². The molecule has 2 aromatic carbocycles. The van der Waals surface area contributed by atoms with Gasteiger partial charge < -0.3 is 15.2 Å². The van der Waals surface area contributed by atoms with Gasteiger partial charge in [0.1, 0.15) is 15.9 Å². The molecule has 2 aromatic rings. The fraction of sp³-hybridized carbons (Fsp3) is 0.576. The number of hydrogen-bond acceptors (Lipinski definition) is 6. The Hall–Kier alpha value is -2.75. The first kappa shape index (κ1) is 32.2. The number of likely N-dealkylation sites (tertiary alicyclic amines) is 1. The molecule has 3 atom stereocenters.